The number of nitro benzene ring substituents is 2. The Balaban J connectivity index is 2.05. The Morgan fingerprint density at radius 3 is 2.19 bits per heavy atom. The van der Waals surface area contributed by atoms with Crippen LogP contribution in [0.5, 0.6) is 0 Å². The van der Waals surface area contributed by atoms with Crippen molar-refractivity contribution in [3.8, 4) is 0 Å². The average molecular weight is 365 g/mol. The molecule has 0 aliphatic carbocycles. The monoisotopic (exact) mass is 365 g/mol. The van der Waals surface area contributed by atoms with Crippen molar-refractivity contribution < 1.29 is 9.85 Å². The van der Waals surface area contributed by atoms with Crippen LogP contribution in [0.4, 0.5) is 28.4 Å². The predicted molar refractivity (Wildman–Crippen MR) is 98.6 cm³/mol. The van der Waals surface area contributed by atoms with Crippen LogP contribution in [-0.2, 0) is 0 Å². The summed E-state index contributed by atoms with van der Waals surface area (Å²) in [6.45, 7) is 0. The van der Waals surface area contributed by atoms with Gasteiger partial charge in [-0.3, -0.25) is 20.2 Å². The predicted octanol–water partition coefficient (Wildman–Crippen LogP) is 5.44. The maximum Gasteiger partial charge on any atom is 0.301 e. The number of non-ortho nitro benzene ring substituents is 1. The van der Waals surface area contributed by atoms with E-state index in [1.165, 1.54) is 17.8 Å². The standard InChI is InChI=1S/C18H11N3O4S/c22-20(23)13-10-15(21(24)25)18-17(11-13)26-16-9-5-4-8-14(16)19(18)12-6-2-1-3-7-12/h1-11H. The zero-order chi connectivity index (χ0) is 18.3. The van der Waals surface area contributed by atoms with Crippen molar-refractivity contribution >= 4 is 40.2 Å². The molecule has 0 bridgehead atoms. The van der Waals surface area contributed by atoms with Crippen molar-refractivity contribution in [1.29, 1.82) is 0 Å². The summed E-state index contributed by atoms with van der Waals surface area (Å²) in [7, 11) is 0. The maximum absolute atomic E-state index is 11.7. The Bertz CT molecular complexity index is 1040. The molecule has 0 fully saturated rings. The van der Waals surface area contributed by atoms with Gasteiger partial charge in [0.2, 0.25) is 0 Å². The van der Waals surface area contributed by atoms with Gasteiger partial charge in [-0.15, -0.1) is 0 Å². The van der Waals surface area contributed by atoms with Gasteiger partial charge in [-0.25, -0.2) is 0 Å². The van der Waals surface area contributed by atoms with Crippen LogP contribution in [0, 0.1) is 20.2 Å². The molecule has 0 saturated carbocycles. The number of fused-ring (bicyclic) bond motifs is 2. The molecule has 0 unspecified atom stereocenters. The Morgan fingerprint density at radius 1 is 0.808 bits per heavy atom. The molecule has 1 aliphatic heterocycles. The van der Waals surface area contributed by atoms with Crippen molar-refractivity contribution in [1.82, 2.24) is 0 Å². The first kappa shape index (κ1) is 16.1. The molecule has 1 heterocycles. The van der Waals surface area contributed by atoms with E-state index in [0.717, 1.165) is 22.3 Å². The third kappa shape index (κ3) is 2.56. The number of hydrogen-bond donors (Lipinski definition) is 0. The van der Waals surface area contributed by atoms with E-state index in [4.69, 9.17) is 0 Å². The minimum Gasteiger partial charge on any atom is -0.302 e. The van der Waals surface area contributed by atoms with E-state index in [-0.39, 0.29) is 11.4 Å². The lowest BCUT2D eigenvalue weighted by Crippen LogP contribution is -2.16. The number of benzene rings is 3. The highest BCUT2D eigenvalue weighted by Crippen LogP contribution is 2.55. The van der Waals surface area contributed by atoms with Crippen molar-refractivity contribution in [3.05, 3.63) is 87.0 Å². The smallest absolute Gasteiger partial charge is 0.301 e. The summed E-state index contributed by atoms with van der Waals surface area (Å²) >= 11 is 1.29. The van der Waals surface area contributed by atoms with E-state index >= 15 is 0 Å². The molecule has 1 aliphatic rings. The van der Waals surface area contributed by atoms with Crippen molar-refractivity contribution in [2.24, 2.45) is 0 Å². The number of nitro groups is 2. The first-order chi connectivity index (χ1) is 12.6. The number of rotatable bonds is 3. The zero-order valence-electron chi connectivity index (χ0n) is 13.2. The largest absolute Gasteiger partial charge is 0.302 e. The number of hydrogen-bond acceptors (Lipinski definition) is 6. The zero-order valence-corrected chi connectivity index (χ0v) is 14.1. The van der Waals surface area contributed by atoms with Crippen LogP contribution < -0.4 is 4.90 Å². The van der Waals surface area contributed by atoms with Gasteiger partial charge in [-0.1, -0.05) is 42.1 Å². The van der Waals surface area contributed by atoms with Crippen LogP contribution in [0.25, 0.3) is 0 Å². The maximum atomic E-state index is 11.7. The lowest BCUT2D eigenvalue weighted by molar-refractivity contribution is -0.394. The molecule has 8 heteroatoms. The molecule has 0 N–H and O–H groups in total. The molecule has 3 aromatic carbocycles. The minimum atomic E-state index is -0.610. The topological polar surface area (TPSA) is 89.5 Å². The van der Waals surface area contributed by atoms with Gasteiger partial charge in [0.15, 0.2) is 0 Å². The summed E-state index contributed by atoms with van der Waals surface area (Å²) in [5.41, 5.74) is 1.30. The van der Waals surface area contributed by atoms with Crippen LogP contribution in [-0.4, -0.2) is 9.85 Å². The Kier molecular flexibility index (Phi) is 3.81. The third-order valence-electron chi connectivity index (χ3n) is 4.01. The Morgan fingerprint density at radius 2 is 1.50 bits per heavy atom. The quantitative estimate of drug-likeness (QED) is 0.355. The van der Waals surface area contributed by atoms with Gasteiger partial charge in [-0.05, 0) is 24.3 Å². The molecule has 7 nitrogen and oxygen atoms in total. The summed E-state index contributed by atoms with van der Waals surface area (Å²) in [5, 5.41) is 22.9. The summed E-state index contributed by atoms with van der Waals surface area (Å²) in [6, 6.07) is 19.1. The van der Waals surface area contributed by atoms with Gasteiger partial charge in [0.05, 0.1) is 26.5 Å². The molecule has 4 rings (SSSR count). The molecule has 0 aromatic heterocycles. The van der Waals surface area contributed by atoms with Crippen LogP contribution in [0.15, 0.2) is 76.5 Å². The second-order valence-corrected chi connectivity index (χ2v) is 6.65. The summed E-state index contributed by atoms with van der Waals surface area (Å²) in [6.07, 6.45) is 0. The Labute approximate surface area is 152 Å². The van der Waals surface area contributed by atoms with Crippen LogP contribution >= 0.6 is 11.8 Å². The first-order valence-corrected chi connectivity index (χ1v) is 8.47. The number of nitrogens with zero attached hydrogens (tertiary/aromatic N) is 3. The fourth-order valence-corrected chi connectivity index (χ4v) is 4.06. The van der Waals surface area contributed by atoms with Gasteiger partial charge in [0.1, 0.15) is 5.69 Å². The highest BCUT2D eigenvalue weighted by molar-refractivity contribution is 7.99. The van der Waals surface area contributed by atoms with Gasteiger partial charge in [0.25, 0.3) is 5.69 Å². The lowest BCUT2D eigenvalue weighted by Gasteiger charge is -2.32. The van der Waals surface area contributed by atoms with E-state index in [1.54, 1.807) is 4.90 Å². The van der Waals surface area contributed by atoms with E-state index in [9.17, 15) is 20.2 Å². The highest BCUT2D eigenvalue weighted by atomic mass is 32.2. The van der Waals surface area contributed by atoms with Crippen molar-refractivity contribution in [2.75, 3.05) is 4.90 Å². The molecule has 0 radical (unpaired) electrons. The lowest BCUT2D eigenvalue weighted by atomic mass is 10.1. The van der Waals surface area contributed by atoms with Crippen LogP contribution in [0.2, 0.25) is 0 Å². The molecule has 0 amide bonds. The molecular weight excluding hydrogens is 354 g/mol. The third-order valence-corrected chi connectivity index (χ3v) is 5.11. The normalized spacial score (nSPS) is 12.2. The molecule has 26 heavy (non-hydrogen) atoms. The van der Waals surface area contributed by atoms with Crippen LogP contribution in [0.3, 0.4) is 0 Å². The second-order valence-electron chi connectivity index (χ2n) is 5.57. The molecule has 0 spiro atoms. The van der Waals surface area contributed by atoms with Gasteiger partial charge in [0, 0.05) is 16.6 Å². The van der Waals surface area contributed by atoms with Crippen LogP contribution in [0.1, 0.15) is 0 Å². The van der Waals surface area contributed by atoms with E-state index < -0.39 is 9.85 Å². The fourth-order valence-electron chi connectivity index (χ4n) is 2.94. The van der Waals surface area contributed by atoms with Crippen molar-refractivity contribution in [3.63, 3.8) is 0 Å². The Hall–Kier alpha value is -3.39. The van der Waals surface area contributed by atoms with E-state index in [0.29, 0.717) is 10.6 Å². The summed E-state index contributed by atoms with van der Waals surface area (Å²) < 4.78 is 0. The van der Waals surface area contributed by atoms with Gasteiger partial charge in [-0.2, -0.15) is 0 Å². The molecule has 0 atom stereocenters. The minimum absolute atomic E-state index is 0.292. The van der Waals surface area contributed by atoms with Crippen molar-refractivity contribution in [2.45, 2.75) is 9.79 Å². The summed E-state index contributed by atoms with van der Waals surface area (Å²) in [4.78, 5) is 24.9. The SMILES string of the molecule is O=[N+]([O-])c1cc2c(c([N+](=O)[O-])c1)N(c1ccccc1)c1ccccc1S2. The number of anilines is 3. The van der Waals surface area contributed by atoms with Gasteiger partial charge < -0.3 is 4.90 Å². The fraction of sp³-hybridized carbons (Fsp3) is 0. The summed E-state index contributed by atoms with van der Waals surface area (Å²) in [5.74, 6) is 0. The highest BCUT2D eigenvalue weighted by Gasteiger charge is 2.34. The first-order valence-electron chi connectivity index (χ1n) is 7.65. The molecule has 0 saturated heterocycles. The molecular formula is C18H11N3O4S. The number of para-hydroxylation sites is 2. The molecule has 128 valence electrons. The average Bonchev–Trinajstić information content (AvgIpc) is 2.65. The van der Waals surface area contributed by atoms with Gasteiger partial charge >= 0.3 is 5.69 Å². The van der Waals surface area contributed by atoms with E-state index in [2.05, 4.69) is 0 Å². The molecule has 3 aromatic rings. The second kappa shape index (κ2) is 6.16. The van der Waals surface area contributed by atoms with E-state index in [1.807, 2.05) is 54.6 Å².